The molecular weight excluding hydrogens is 162 g/mol. The lowest BCUT2D eigenvalue weighted by Gasteiger charge is -2.20. The molecule has 0 heterocycles. The first-order valence-electron chi connectivity index (χ1n) is 5.48. The molecule has 1 rings (SSSR count). The second-order valence-electron chi connectivity index (χ2n) is 4.23. The largest absolute Gasteiger partial charge is 0.327 e. The number of nitrogens with two attached hydrogens (primary N) is 1. The van der Waals surface area contributed by atoms with Gasteiger partial charge in [0, 0.05) is 12.0 Å². The van der Waals surface area contributed by atoms with Gasteiger partial charge in [0.2, 0.25) is 0 Å². The average molecular weight is 183 g/mol. The molecule has 0 aliphatic heterocycles. The van der Waals surface area contributed by atoms with Crippen LogP contribution in [0.15, 0.2) is 0 Å². The minimum atomic E-state index is 0.121. The van der Waals surface area contributed by atoms with Crippen LogP contribution in [0.2, 0.25) is 0 Å². The molecule has 0 aromatic carbocycles. The molecule has 76 valence electrons. The fraction of sp³-hybridized carbons (Fsp3) is 0.909. The standard InChI is InChI=1S/C11H21NO/c1-9(13)10-7-5-3-2-4-6-8-11(10)12/h10-11H,2-8,12H2,1H3. The lowest BCUT2D eigenvalue weighted by Crippen LogP contribution is -2.34. The first-order valence-corrected chi connectivity index (χ1v) is 5.48. The first-order chi connectivity index (χ1) is 6.22. The number of carbonyl (C=O) groups excluding carboxylic acids is 1. The minimum Gasteiger partial charge on any atom is -0.327 e. The van der Waals surface area contributed by atoms with E-state index in [0.717, 1.165) is 12.8 Å². The molecule has 2 nitrogen and oxygen atoms in total. The average Bonchev–Trinajstić information content (AvgIpc) is 2.16. The van der Waals surface area contributed by atoms with Crippen LogP contribution in [0.1, 0.15) is 51.9 Å². The van der Waals surface area contributed by atoms with Crippen molar-refractivity contribution in [3.8, 4) is 0 Å². The van der Waals surface area contributed by atoms with E-state index in [4.69, 9.17) is 5.73 Å². The second-order valence-corrected chi connectivity index (χ2v) is 4.23. The van der Waals surface area contributed by atoms with Crippen LogP contribution in [0, 0.1) is 5.92 Å². The van der Waals surface area contributed by atoms with E-state index in [9.17, 15) is 4.79 Å². The highest BCUT2D eigenvalue weighted by Gasteiger charge is 2.22. The molecule has 0 radical (unpaired) electrons. The van der Waals surface area contributed by atoms with Crippen LogP contribution < -0.4 is 5.73 Å². The summed E-state index contributed by atoms with van der Waals surface area (Å²) in [5.41, 5.74) is 6.00. The Morgan fingerprint density at radius 2 is 1.62 bits per heavy atom. The molecule has 0 amide bonds. The van der Waals surface area contributed by atoms with Crippen LogP contribution in [-0.4, -0.2) is 11.8 Å². The lowest BCUT2D eigenvalue weighted by molar-refractivity contribution is -0.121. The summed E-state index contributed by atoms with van der Waals surface area (Å²) in [7, 11) is 0. The molecule has 0 spiro atoms. The van der Waals surface area contributed by atoms with Crippen molar-refractivity contribution in [1.29, 1.82) is 0 Å². The van der Waals surface area contributed by atoms with Crippen molar-refractivity contribution in [2.45, 2.75) is 57.9 Å². The molecule has 1 aliphatic rings. The van der Waals surface area contributed by atoms with Crippen LogP contribution in [-0.2, 0) is 4.79 Å². The highest BCUT2D eigenvalue weighted by molar-refractivity contribution is 5.78. The van der Waals surface area contributed by atoms with E-state index in [1.165, 1.54) is 32.1 Å². The summed E-state index contributed by atoms with van der Waals surface area (Å²) in [6.45, 7) is 1.68. The van der Waals surface area contributed by atoms with E-state index in [2.05, 4.69) is 0 Å². The SMILES string of the molecule is CC(=O)C1CCCCCCCC1N. The monoisotopic (exact) mass is 183 g/mol. The van der Waals surface area contributed by atoms with Gasteiger partial charge in [0.1, 0.15) is 5.78 Å². The van der Waals surface area contributed by atoms with Gasteiger partial charge in [-0.25, -0.2) is 0 Å². The maximum atomic E-state index is 11.3. The second kappa shape index (κ2) is 5.38. The summed E-state index contributed by atoms with van der Waals surface area (Å²) < 4.78 is 0. The van der Waals surface area contributed by atoms with Gasteiger partial charge in [-0.1, -0.05) is 32.1 Å². The van der Waals surface area contributed by atoms with Crippen LogP contribution in [0.25, 0.3) is 0 Å². The molecule has 2 atom stereocenters. The summed E-state index contributed by atoms with van der Waals surface area (Å²) in [4.78, 5) is 11.3. The number of rotatable bonds is 1. The van der Waals surface area contributed by atoms with E-state index in [1.54, 1.807) is 6.92 Å². The maximum absolute atomic E-state index is 11.3. The van der Waals surface area contributed by atoms with Crippen molar-refractivity contribution >= 4 is 5.78 Å². The fourth-order valence-electron chi connectivity index (χ4n) is 2.19. The quantitative estimate of drug-likeness (QED) is 0.677. The zero-order chi connectivity index (χ0) is 9.68. The number of ketones is 1. The Morgan fingerprint density at radius 1 is 1.08 bits per heavy atom. The topological polar surface area (TPSA) is 43.1 Å². The number of hydrogen-bond acceptors (Lipinski definition) is 2. The van der Waals surface area contributed by atoms with Gasteiger partial charge in [0.15, 0.2) is 0 Å². The Morgan fingerprint density at radius 3 is 2.23 bits per heavy atom. The minimum absolute atomic E-state index is 0.121. The van der Waals surface area contributed by atoms with E-state index < -0.39 is 0 Å². The van der Waals surface area contributed by atoms with Crippen LogP contribution in [0.5, 0.6) is 0 Å². The zero-order valence-corrected chi connectivity index (χ0v) is 8.59. The molecule has 1 aliphatic carbocycles. The summed E-state index contributed by atoms with van der Waals surface area (Å²) >= 11 is 0. The number of hydrogen-bond donors (Lipinski definition) is 1. The number of Topliss-reactive ketones (excluding diaryl/α,β-unsaturated/α-hetero) is 1. The zero-order valence-electron chi connectivity index (χ0n) is 8.59. The molecule has 2 N–H and O–H groups in total. The van der Waals surface area contributed by atoms with E-state index in [1.807, 2.05) is 0 Å². The van der Waals surface area contributed by atoms with Crippen molar-refractivity contribution in [3.63, 3.8) is 0 Å². The maximum Gasteiger partial charge on any atom is 0.134 e. The molecule has 1 saturated carbocycles. The van der Waals surface area contributed by atoms with Gasteiger partial charge >= 0.3 is 0 Å². The third kappa shape index (κ3) is 3.47. The van der Waals surface area contributed by atoms with Crippen molar-refractivity contribution in [1.82, 2.24) is 0 Å². The summed E-state index contributed by atoms with van der Waals surface area (Å²) in [5.74, 6) is 0.424. The molecular formula is C11H21NO. The van der Waals surface area contributed by atoms with Gasteiger partial charge in [-0.2, -0.15) is 0 Å². The molecule has 1 fully saturated rings. The summed E-state index contributed by atoms with van der Waals surface area (Å²) in [5, 5.41) is 0. The molecule has 13 heavy (non-hydrogen) atoms. The third-order valence-corrected chi connectivity index (χ3v) is 3.09. The Hall–Kier alpha value is -0.370. The van der Waals surface area contributed by atoms with Gasteiger partial charge in [-0.3, -0.25) is 4.79 Å². The molecule has 0 saturated heterocycles. The van der Waals surface area contributed by atoms with Gasteiger partial charge in [-0.05, 0) is 19.8 Å². The molecule has 2 heteroatoms. The smallest absolute Gasteiger partial charge is 0.134 e. The van der Waals surface area contributed by atoms with E-state index in [0.29, 0.717) is 0 Å². The predicted molar refractivity (Wildman–Crippen MR) is 54.5 cm³/mol. The lowest BCUT2D eigenvalue weighted by atomic mass is 9.89. The van der Waals surface area contributed by atoms with E-state index >= 15 is 0 Å². The Kier molecular flexibility index (Phi) is 4.43. The van der Waals surface area contributed by atoms with Crippen molar-refractivity contribution in [2.75, 3.05) is 0 Å². The van der Waals surface area contributed by atoms with Gasteiger partial charge in [0.05, 0.1) is 0 Å². The fourth-order valence-corrected chi connectivity index (χ4v) is 2.19. The Labute approximate surface area is 80.9 Å². The number of carbonyl (C=O) groups is 1. The van der Waals surface area contributed by atoms with Gasteiger partial charge in [0.25, 0.3) is 0 Å². The molecule has 0 bridgehead atoms. The molecule has 0 aromatic rings. The van der Waals surface area contributed by atoms with E-state index in [-0.39, 0.29) is 17.7 Å². The predicted octanol–water partition coefficient (Wildman–Crippen LogP) is 2.26. The van der Waals surface area contributed by atoms with Crippen molar-refractivity contribution < 1.29 is 4.79 Å². The van der Waals surface area contributed by atoms with Crippen LogP contribution >= 0.6 is 0 Å². The van der Waals surface area contributed by atoms with Crippen molar-refractivity contribution in [3.05, 3.63) is 0 Å². The van der Waals surface area contributed by atoms with Gasteiger partial charge in [-0.15, -0.1) is 0 Å². The van der Waals surface area contributed by atoms with Crippen molar-refractivity contribution in [2.24, 2.45) is 11.7 Å². The molecule has 0 aromatic heterocycles. The first kappa shape index (κ1) is 10.7. The Balaban J connectivity index is 2.50. The third-order valence-electron chi connectivity index (χ3n) is 3.09. The van der Waals surface area contributed by atoms with Crippen LogP contribution in [0.4, 0.5) is 0 Å². The highest BCUT2D eigenvalue weighted by Crippen LogP contribution is 2.21. The van der Waals surface area contributed by atoms with Gasteiger partial charge < -0.3 is 5.73 Å². The normalized spacial score (nSPS) is 31.5. The Bertz CT molecular complexity index is 167. The molecule has 2 unspecified atom stereocenters. The van der Waals surface area contributed by atoms with Crippen LogP contribution in [0.3, 0.4) is 0 Å². The highest BCUT2D eigenvalue weighted by atomic mass is 16.1. The summed E-state index contributed by atoms with van der Waals surface area (Å²) in [6, 6.07) is 0.121. The summed E-state index contributed by atoms with van der Waals surface area (Å²) in [6.07, 6.45) is 8.30.